The molecule has 19 heavy (non-hydrogen) atoms. The molecule has 0 spiro atoms. The maximum absolute atomic E-state index is 11.7. The molecule has 0 saturated carbocycles. The third kappa shape index (κ3) is 6.29. The van der Waals surface area contributed by atoms with Gasteiger partial charge in [-0.3, -0.25) is 9.59 Å². The topological polar surface area (TPSA) is 66.4 Å². The summed E-state index contributed by atoms with van der Waals surface area (Å²) in [5, 5.41) is 11.6. The van der Waals surface area contributed by atoms with Crippen molar-refractivity contribution in [3.63, 3.8) is 0 Å². The van der Waals surface area contributed by atoms with E-state index in [4.69, 9.17) is 5.11 Å². The molecular formula is C14H19NO3S. The maximum Gasteiger partial charge on any atom is 0.307 e. The van der Waals surface area contributed by atoms with E-state index in [0.717, 1.165) is 18.6 Å². The zero-order valence-electron chi connectivity index (χ0n) is 11.0. The number of rotatable bonds is 8. The quantitative estimate of drug-likeness (QED) is 0.719. The summed E-state index contributed by atoms with van der Waals surface area (Å²) in [7, 11) is 0. The molecule has 104 valence electrons. The van der Waals surface area contributed by atoms with Crippen LogP contribution in [0.1, 0.15) is 24.8 Å². The summed E-state index contributed by atoms with van der Waals surface area (Å²) in [4.78, 5) is 22.5. The highest BCUT2D eigenvalue weighted by atomic mass is 32.2. The van der Waals surface area contributed by atoms with Gasteiger partial charge in [-0.05, 0) is 36.5 Å². The number of anilines is 1. The minimum atomic E-state index is -0.901. The lowest BCUT2D eigenvalue weighted by molar-refractivity contribution is -0.136. The average Bonchev–Trinajstić information content (AvgIpc) is 2.36. The number of para-hydroxylation sites is 1. The summed E-state index contributed by atoms with van der Waals surface area (Å²) in [6.45, 7) is 0. The Morgan fingerprint density at radius 1 is 1.26 bits per heavy atom. The molecule has 0 unspecified atom stereocenters. The largest absolute Gasteiger partial charge is 0.481 e. The molecular weight excluding hydrogens is 262 g/mol. The van der Waals surface area contributed by atoms with Crippen molar-refractivity contribution in [1.29, 1.82) is 0 Å². The Kier molecular flexibility index (Phi) is 7.03. The normalized spacial score (nSPS) is 10.2. The van der Waals surface area contributed by atoms with Gasteiger partial charge in [-0.2, -0.15) is 11.8 Å². The summed E-state index contributed by atoms with van der Waals surface area (Å²) in [5.74, 6) is 0.101. The number of thioether (sulfide) groups is 1. The van der Waals surface area contributed by atoms with Gasteiger partial charge in [-0.15, -0.1) is 0 Å². The third-order valence-corrected chi connectivity index (χ3v) is 3.33. The number of aliphatic carboxylic acids is 1. The first-order valence-electron chi connectivity index (χ1n) is 6.22. The Labute approximate surface area is 117 Å². The van der Waals surface area contributed by atoms with E-state index < -0.39 is 5.97 Å². The van der Waals surface area contributed by atoms with Gasteiger partial charge < -0.3 is 10.4 Å². The van der Waals surface area contributed by atoms with Crippen molar-refractivity contribution >= 4 is 29.3 Å². The van der Waals surface area contributed by atoms with Crippen LogP contribution in [0, 0.1) is 0 Å². The van der Waals surface area contributed by atoms with Crippen LogP contribution in [0.2, 0.25) is 0 Å². The number of unbranched alkanes of at least 4 members (excludes halogenated alkanes) is 1. The van der Waals surface area contributed by atoms with E-state index in [1.165, 1.54) is 0 Å². The number of amides is 1. The molecule has 0 bridgehead atoms. The molecule has 0 aliphatic rings. The number of nitrogens with one attached hydrogen (secondary N) is 1. The van der Waals surface area contributed by atoms with Crippen LogP contribution in [0.25, 0.3) is 0 Å². The van der Waals surface area contributed by atoms with Gasteiger partial charge in [-0.25, -0.2) is 0 Å². The van der Waals surface area contributed by atoms with E-state index in [0.29, 0.717) is 17.7 Å². The Balaban J connectivity index is 2.51. The molecule has 0 heterocycles. The molecule has 5 heteroatoms. The number of carbonyl (C=O) groups excluding carboxylic acids is 1. The van der Waals surface area contributed by atoms with Crippen molar-refractivity contribution in [3.05, 3.63) is 29.8 Å². The predicted molar refractivity (Wildman–Crippen MR) is 78.6 cm³/mol. The number of benzene rings is 1. The lowest BCUT2D eigenvalue weighted by Crippen LogP contribution is -2.14. The zero-order chi connectivity index (χ0) is 14.1. The first kappa shape index (κ1) is 15.6. The summed E-state index contributed by atoms with van der Waals surface area (Å²) in [5.41, 5.74) is 1.23. The molecule has 0 radical (unpaired) electrons. The minimum Gasteiger partial charge on any atom is -0.481 e. The van der Waals surface area contributed by atoms with Crippen LogP contribution >= 0.6 is 11.8 Å². The molecule has 1 amide bonds. The SMILES string of the molecule is CSCCCCC(=O)Nc1ccccc1CC(=O)O. The van der Waals surface area contributed by atoms with Crippen LogP contribution in [0.15, 0.2) is 24.3 Å². The lowest BCUT2D eigenvalue weighted by atomic mass is 10.1. The van der Waals surface area contributed by atoms with Crippen molar-refractivity contribution < 1.29 is 14.7 Å². The van der Waals surface area contributed by atoms with Gasteiger partial charge in [0.05, 0.1) is 6.42 Å². The van der Waals surface area contributed by atoms with Crippen LogP contribution in [-0.2, 0) is 16.0 Å². The smallest absolute Gasteiger partial charge is 0.307 e. The van der Waals surface area contributed by atoms with Crippen molar-refractivity contribution in [2.24, 2.45) is 0 Å². The third-order valence-electron chi connectivity index (χ3n) is 2.64. The highest BCUT2D eigenvalue weighted by Gasteiger charge is 2.08. The Hall–Kier alpha value is -1.49. The van der Waals surface area contributed by atoms with Crippen LogP contribution < -0.4 is 5.32 Å². The average molecular weight is 281 g/mol. The highest BCUT2D eigenvalue weighted by molar-refractivity contribution is 7.98. The number of hydrogen-bond donors (Lipinski definition) is 2. The molecule has 1 aromatic rings. The number of hydrogen-bond acceptors (Lipinski definition) is 3. The fourth-order valence-electron chi connectivity index (χ4n) is 1.70. The van der Waals surface area contributed by atoms with Gasteiger partial charge in [0.25, 0.3) is 0 Å². The van der Waals surface area contributed by atoms with E-state index in [1.54, 1.807) is 36.0 Å². The predicted octanol–water partition coefficient (Wildman–Crippen LogP) is 2.79. The van der Waals surface area contributed by atoms with E-state index in [-0.39, 0.29) is 12.3 Å². The van der Waals surface area contributed by atoms with Crippen LogP contribution in [0.4, 0.5) is 5.69 Å². The second-order valence-corrected chi connectivity index (χ2v) is 5.21. The number of carboxylic acid groups (broad SMARTS) is 1. The minimum absolute atomic E-state index is 0.0565. The fourth-order valence-corrected chi connectivity index (χ4v) is 2.20. The molecule has 0 aliphatic heterocycles. The molecule has 0 atom stereocenters. The lowest BCUT2D eigenvalue weighted by Gasteiger charge is -2.09. The van der Waals surface area contributed by atoms with Crippen molar-refractivity contribution in [1.82, 2.24) is 0 Å². The van der Waals surface area contributed by atoms with Crippen molar-refractivity contribution in [2.45, 2.75) is 25.7 Å². The van der Waals surface area contributed by atoms with Gasteiger partial charge >= 0.3 is 5.97 Å². The van der Waals surface area contributed by atoms with Gasteiger partial charge in [-0.1, -0.05) is 18.2 Å². The van der Waals surface area contributed by atoms with Crippen LogP contribution in [0.5, 0.6) is 0 Å². The first-order chi connectivity index (χ1) is 9.13. The highest BCUT2D eigenvalue weighted by Crippen LogP contribution is 2.16. The Morgan fingerprint density at radius 3 is 2.68 bits per heavy atom. The van der Waals surface area contributed by atoms with E-state index in [2.05, 4.69) is 5.32 Å². The van der Waals surface area contributed by atoms with Crippen LogP contribution in [0.3, 0.4) is 0 Å². The van der Waals surface area contributed by atoms with Gasteiger partial charge in [0.15, 0.2) is 0 Å². The summed E-state index contributed by atoms with van der Waals surface area (Å²) in [6.07, 6.45) is 4.31. The molecule has 2 N–H and O–H groups in total. The molecule has 1 rings (SSSR count). The molecule has 1 aromatic carbocycles. The molecule has 4 nitrogen and oxygen atoms in total. The van der Waals surface area contributed by atoms with E-state index in [1.807, 2.05) is 6.26 Å². The second-order valence-electron chi connectivity index (χ2n) is 4.23. The zero-order valence-corrected chi connectivity index (χ0v) is 11.8. The van der Waals surface area contributed by atoms with Crippen molar-refractivity contribution in [2.75, 3.05) is 17.3 Å². The van der Waals surface area contributed by atoms with Gasteiger partial charge in [0.1, 0.15) is 0 Å². The fraction of sp³-hybridized carbons (Fsp3) is 0.429. The summed E-state index contributed by atoms with van der Waals surface area (Å²) in [6, 6.07) is 7.01. The van der Waals surface area contributed by atoms with Gasteiger partial charge in [0, 0.05) is 12.1 Å². The number of carbonyl (C=O) groups is 2. The van der Waals surface area contributed by atoms with Gasteiger partial charge in [0.2, 0.25) is 5.91 Å². The summed E-state index contributed by atoms with van der Waals surface area (Å²) < 4.78 is 0. The standard InChI is InChI=1S/C14H19NO3S/c1-19-9-5-4-8-13(16)15-12-7-3-2-6-11(12)10-14(17)18/h2-3,6-7H,4-5,8-10H2,1H3,(H,15,16)(H,17,18). The van der Waals surface area contributed by atoms with E-state index >= 15 is 0 Å². The maximum atomic E-state index is 11.7. The Bertz CT molecular complexity index is 434. The van der Waals surface area contributed by atoms with Crippen molar-refractivity contribution in [3.8, 4) is 0 Å². The second kappa shape index (κ2) is 8.58. The molecule has 0 fully saturated rings. The monoisotopic (exact) mass is 281 g/mol. The Morgan fingerprint density at radius 2 is 2.00 bits per heavy atom. The summed E-state index contributed by atoms with van der Waals surface area (Å²) >= 11 is 1.77. The van der Waals surface area contributed by atoms with E-state index in [9.17, 15) is 9.59 Å². The number of carboxylic acids is 1. The first-order valence-corrected chi connectivity index (χ1v) is 7.61. The molecule has 0 aromatic heterocycles. The molecule has 0 saturated heterocycles. The molecule has 0 aliphatic carbocycles. The van der Waals surface area contributed by atoms with Crippen LogP contribution in [-0.4, -0.2) is 29.0 Å².